The fourth-order valence-electron chi connectivity index (χ4n) is 2.07. The van der Waals surface area contributed by atoms with Crippen LogP contribution in [-0.4, -0.2) is 25.8 Å². The van der Waals surface area contributed by atoms with Crippen molar-refractivity contribution in [3.05, 3.63) is 35.5 Å². The minimum Gasteiger partial charge on any atom is -0.478 e. The lowest BCUT2D eigenvalue weighted by Crippen LogP contribution is -1.95. The third-order valence-corrected chi connectivity index (χ3v) is 3.15. The molecule has 2 heterocycles. The lowest BCUT2D eigenvalue weighted by atomic mass is 10.2. The molecule has 0 fully saturated rings. The molecule has 3 aromatic rings. The summed E-state index contributed by atoms with van der Waals surface area (Å²) in [5.41, 5.74) is 3.01. The molecule has 0 bridgehead atoms. The predicted molar refractivity (Wildman–Crippen MR) is 72.5 cm³/mol. The molecule has 0 atom stereocenters. The van der Waals surface area contributed by atoms with Crippen LogP contribution in [0.5, 0.6) is 0 Å². The highest BCUT2D eigenvalue weighted by Gasteiger charge is 2.14. The monoisotopic (exact) mass is 271 g/mol. The molecule has 0 aliphatic heterocycles. The van der Waals surface area contributed by atoms with Gasteiger partial charge >= 0.3 is 5.97 Å². The Morgan fingerprint density at radius 3 is 2.85 bits per heavy atom. The second kappa shape index (κ2) is 4.48. The molecule has 0 saturated heterocycles. The topological polar surface area (TPSA) is 81.1 Å². The maximum Gasteiger partial charge on any atom is 0.335 e. The van der Waals surface area contributed by atoms with E-state index in [0.29, 0.717) is 17.0 Å². The van der Waals surface area contributed by atoms with Crippen molar-refractivity contribution >= 4 is 17.1 Å². The smallest absolute Gasteiger partial charge is 0.335 e. The number of hydrogen-bond acceptors (Lipinski definition) is 4. The first kappa shape index (κ1) is 12.4. The van der Waals surface area contributed by atoms with Crippen LogP contribution in [0, 0.1) is 0 Å². The number of fused-ring (bicyclic) bond motifs is 1. The lowest BCUT2D eigenvalue weighted by Gasteiger charge is -1.93. The maximum atomic E-state index is 10.9. The number of carboxylic acid groups (broad SMARTS) is 1. The Kier molecular flexibility index (Phi) is 2.78. The number of hydrogen-bond donors (Lipinski definition) is 1. The van der Waals surface area contributed by atoms with E-state index < -0.39 is 5.97 Å². The van der Waals surface area contributed by atoms with E-state index in [1.54, 1.807) is 10.7 Å². The summed E-state index contributed by atoms with van der Waals surface area (Å²) < 4.78 is 7.37. The molecule has 102 valence electrons. The first-order chi connectivity index (χ1) is 9.58. The van der Waals surface area contributed by atoms with Crippen LogP contribution in [0.15, 0.2) is 28.7 Å². The summed E-state index contributed by atoms with van der Waals surface area (Å²) in [4.78, 5) is 15.3. The van der Waals surface area contributed by atoms with Gasteiger partial charge in [0.1, 0.15) is 11.2 Å². The molecule has 0 aliphatic carbocycles. The minimum atomic E-state index is -0.981. The molecule has 1 aromatic carbocycles. The number of aromatic carboxylic acids is 1. The Labute approximate surface area is 114 Å². The van der Waals surface area contributed by atoms with Crippen LogP contribution < -0.4 is 0 Å². The number of nitrogens with zero attached hydrogens (tertiary/aromatic N) is 3. The van der Waals surface area contributed by atoms with Crippen LogP contribution >= 0.6 is 0 Å². The molecule has 0 radical (unpaired) electrons. The Morgan fingerprint density at radius 1 is 1.40 bits per heavy atom. The Balaban J connectivity index is 2.12. The van der Waals surface area contributed by atoms with Crippen LogP contribution in [0.1, 0.15) is 23.0 Å². The van der Waals surface area contributed by atoms with E-state index in [1.807, 2.05) is 20.0 Å². The average Bonchev–Trinajstić information content (AvgIpc) is 3.00. The van der Waals surface area contributed by atoms with Gasteiger partial charge < -0.3 is 9.52 Å². The number of benzene rings is 1. The predicted octanol–water partition coefficient (Wildman–Crippen LogP) is 2.49. The van der Waals surface area contributed by atoms with Crippen molar-refractivity contribution in [1.29, 1.82) is 0 Å². The zero-order valence-electron chi connectivity index (χ0n) is 11.1. The molecule has 1 N–H and O–H groups in total. The summed E-state index contributed by atoms with van der Waals surface area (Å²) in [5.74, 6) is -0.539. The quantitative estimate of drug-likeness (QED) is 0.791. The molecule has 0 spiro atoms. The van der Waals surface area contributed by atoms with E-state index >= 15 is 0 Å². The number of aryl methyl sites for hydroxylation is 2. The summed E-state index contributed by atoms with van der Waals surface area (Å²) in [6, 6.07) is 6.54. The Morgan fingerprint density at radius 2 is 2.20 bits per heavy atom. The highest BCUT2D eigenvalue weighted by Crippen LogP contribution is 2.25. The van der Waals surface area contributed by atoms with Crippen molar-refractivity contribution in [2.45, 2.75) is 13.3 Å². The largest absolute Gasteiger partial charge is 0.478 e. The van der Waals surface area contributed by atoms with E-state index in [9.17, 15) is 4.79 Å². The maximum absolute atomic E-state index is 10.9. The summed E-state index contributed by atoms with van der Waals surface area (Å²) in [6.07, 6.45) is 0.831. The fourth-order valence-corrected chi connectivity index (χ4v) is 2.07. The molecule has 0 saturated carbocycles. The molecule has 3 rings (SSSR count). The molecular weight excluding hydrogens is 258 g/mol. The van der Waals surface area contributed by atoms with Gasteiger partial charge in [-0.3, -0.25) is 4.68 Å². The van der Waals surface area contributed by atoms with Crippen molar-refractivity contribution < 1.29 is 14.3 Å². The van der Waals surface area contributed by atoms with Gasteiger partial charge in [-0.15, -0.1) is 0 Å². The van der Waals surface area contributed by atoms with Crippen LogP contribution in [0.3, 0.4) is 0 Å². The van der Waals surface area contributed by atoms with Crippen molar-refractivity contribution in [2.75, 3.05) is 0 Å². The Bertz CT molecular complexity index is 801. The number of carboxylic acids is 1. The van der Waals surface area contributed by atoms with Crippen molar-refractivity contribution in [3.8, 4) is 11.6 Å². The van der Waals surface area contributed by atoms with E-state index in [-0.39, 0.29) is 5.56 Å². The molecule has 6 heteroatoms. The summed E-state index contributed by atoms with van der Waals surface area (Å²) >= 11 is 0. The molecular formula is C14H13N3O3. The fraction of sp³-hybridized carbons (Fsp3) is 0.214. The molecule has 0 aliphatic rings. The lowest BCUT2D eigenvalue weighted by molar-refractivity contribution is 0.0697. The van der Waals surface area contributed by atoms with E-state index in [2.05, 4.69) is 10.1 Å². The van der Waals surface area contributed by atoms with Gasteiger partial charge in [-0.2, -0.15) is 5.10 Å². The summed E-state index contributed by atoms with van der Waals surface area (Å²) in [7, 11) is 1.83. The van der Waals surface area contributed by atoms with Gasteiger partial charge in [0.15, 0.2) is 5.58 Å². The number of carbonyl (C=O) groups is 1. The van der Waals surface area contributed by atoms with Crippen LogP contribution in [0.25, 0.3) is 22.7 Å². The normalized spacial score (nSPS) is 11.1. The number of aromatic nitrogens is 3. The van der Waals surface area contributed by atoms with Crippen molar-refractivity contribution in [2.24, 2.45) is 7.05 Å². The van der Waals surface area contributed by atoms with Crippen molar-refractivity contribution in [3.63, 3.8) is 0 Å². The Hall–Kier alpha value is -2.63. The van der Waals surface area contributed by atoms with Gasteiger partial charge in [-0.05, 0) is 30.7 Å². The first-order valence-corrected chi connectivity index (χ1v) is 6.25. The number of oxazole rings is 1. The van der Waals surface area contributed by atoms with Gasteiger partial charge in [-0.1, -0.05) is 6.92 Å². The molecule has 6 nitrogen and oxygen atoms in total. The number of rotatable bonds is 3. The SMILES string of the molecule is CCc1cc(-c2nc3cc(C(=O)O)ccc3o2)n(C)n1. The standard InChI is InChI=1S/C14H13N3O3/c1-3-9-7-11(17(2)16-9)13-15-10-6-8(14(18)19)4-5-12(10)20-13/h4-7H,3H2,1-2H3,(H,18,19). The zero-order chi connectivity index (χ0) is 14.3. The summed E-state index contributed by atoms with van der Waals surface area (Å²) in [5, 5.41) is 13.3. The molecule has 0 unspecified atom stereocenters. The van der Waals surface area contributed by atoms with Crippen LogP contribution in [0.2, 0.25) is 0 Å². The second-order valence-electron chi connectivity index (χ2n) is 4.50. The van der Waals surface area contributed by atoms with Gasteiger partial charge in [0.2, 0.25) is 5.89 Å². The van der Waals surface area contributed by atoms with Gasteiger partial charge in [0.05, 0.1) is 11.3 Å². The first-order valence-electron chi connectivity index (χ1n) is 6.25. The zero-order valence-corrected chi connectivity index (χ0v) is 11.1. The van der Waals surface area contributed by atoms with Crippen molar-refractivity contribution in [1.82, 2.24) is 14.8 Å². The van der Waals surface area contributed by atoms with Gasteiger partial charge in [0, 0.05) is 7.05 Å². The molecule has 20 heavy (non-hydrogen) atoms. The highest BCUT2D eigenvalue weighted by molar-refractivity contribution is 5.92. The van der Waals surface area contributed by atoms with Crippen LogP contribution in [-0.2, 0) is 13.5 Å². The average molecular weight is 271 g/mol. The van der Waals surface area contributed by atoms with Gasteiger partial charge in [-0.25, -0.2) is 9.78 Å². The minimum absolute atomic E-state index is 0.191. The van der Waals surface area contributed by atoms with E-state index in [4.69, 9.17) is 9.52 Å². The third kappa shape index (κ3) is 1.95. The highest BCUT2D eigenvalue weighted by atomic mass is 16.4. The van der Waals surface area contributed by atoms with Gasteiger partial charge in [0.25, 0.3) is 0 Å². The molecule has 2 aromatic heterocycles. The second-order valence-corrected chi connectivity index (χ2v) is 4.50. The third-order valence-electron chi connectivity index (χ3n) is 3.15. The van der Waals surface area contributed by atoms with Crippen LogP contribution in [0.4, 0.5) is 0 Å². The van der Waals surface area contributed by atoms with E-state index in [0.717, 1.165) is 17.8 Å². The molecule has 0 amide bonds. The van der Waals surface area contributed by atoms with E-state index in [1.165, 1.54) is 12.1 Å². The summed E-state index contributed by atoms with van der Waals surface area (Å²) in [6.45, 7) is 2.03.